The maximum atomic E-state index is 11.5. The van der Waals surface area contributed by atoms with Gasteiger partial charge in [-0.05, 0) is 24.1 Å². The molecule has 100 valence electrons. The molecule has 1 atom stereocenters. The molecule has 0 heterocycles. The number of carboxylic acid groups (broad SMARTS) is 1. The van der Waals surface area contributed by atoms with Crippen molar-refractivity contribution in [3.05, 3.63) is 34.9 Å². The van der Waals surface area contributed by atoms with Crippen LogP contribution in [0.2, 0.25) is 5.02 Å². The molecule has 7 heteroatoms. The molecule has 0 aliphatic heterocycles. The zero-order valence-electron chi connectivity index (χ0n) is 9.76. The molecule has 0 saturated carbocycles. The van der Waals surface area contributed by atoms with E-state index in [1.807, 2.05) is 0 Å². The van der Waals surface area contributed by atoms with Crippen molar-refractivity contribution < 1.29 is 18.3 Å². The van der Waals surface area contributed by atoms with Crippen LogP contribution in [0, 0.1) is 0 Å². The van der Waals surface area contributed by atoms with Crippen LogP contribution in [0.4, 0.5) is 0 Å². The van der Waals surface area contributed by atoms with Gasteiger partial charge in [-0.1, -0.05) is 30.7 Å². The van der Waals surface area contributed by atoms with E-state index >= 15 is 0 Å². The van der Waals surface area contributed by atoms with Crippen LogP contribution < -0.4 is 4.72 Å². The largest absolute Gasteiger partial charge is 0.480 e. The summed E-state index contributed by atoms with van der Waals surface area (Å²) in [5.41, 5.74) is 0.707. The standard InChI is InChI=1S/C11H14ClNO4S/c1-2-10(8-4-3-5-9(12)6-8)13-18(16,17)7-11(14)15/h3-6,10,13H,2,7H2,1H3,(H,14,15). The second-order valence-electron chi connectivity index (χ2n) is 3.79. The van der Waals surface area contributed by atoms with Gasteiger partial charge in [0.2, 0.25) is 10.0 Å². The maximum absolute atomic E-state index is 11.5. The Labute approximate surface area is 111 Å². The Morgan fingerprint density at radius 3 is 2.67 bits per heavy atom. The van der Waals surface area contributed by atoms with Gasteiger partial charge < -0.3 is 5.11 Å². The first kappa shape index (κ1) is 14.9. The van der Waals surface area contributed by atoms with Crippen LogP contribution in [0.15, 0.2) is 24.3 Å². The lowest BCUT2D eigenvalue weighted by Crippen LogP contribution is -2.33. The number of benzene rings is 1. The van der Waals surface area contributed by atoms with E-state index in [1.165, 1.54) is 0 Å². The van der Waals surface area contributed by atoms with E-state index in [4.69, 9.17) is 16.7 Å². The number of carbonyl (C=O) groups is 1. The first-order chi connectivity index (χ1) is 8.34. The molecule has 0 aliphatic carbocycles. The fraction of sp³-hybridized carbons (Fsp3) is 0.364. The number of hydrogen-bond donors (Lipinski definition) is 2. The summed E-state index contributed by atoms with van der Waals surface area (Å²) in [6.45, 7) is 1.80. The van der Waals surface area contributed by atoms with Gasteiger partial charge in [0.15, 0.2) is 5.75 Å². The van der Waals surface area contributed by atoms with E-state index in [2.05, 4.69) is 4.72 Å². The smallest absolute Gasteiger partial charge is 0.320 e. The number of aliphatic carboxylic acids is 1. The molecule has 0 fully saturated rings. The second-order valence-corrected chi connectivity index (χ2v) is 5.98. The summed E-state index contributed by atoms with van der Waals surface area (Å²) in [7, 11) is -3.85. The molecule has 18 heavy (non-hydrogen) atoms. The minimum atomic E-state index is -3.85. The van der Waals surface area contributed by atoms with E-state index in [0.29, 0.717) is 17.0 Å². The van der Waals surface area contributed by atoms with Crippen LogP contribution in [-0.4, -0.2) is 25.2 Å². The van der Waals surface area contributed by atoms with Crippen molar-refractivity contribution in [3.8, 4) is 0 Å². The highest BCUT2D eigenvalue weighted by molar-refractivity contribution is 7.90. The molecule has 0 aromatic heterocycles. The van der Waals surface area contributed by atoms with Crippen molar-refractivity contribution in [1.29, 1.82) is 0 Å². The van der Waals surface area contributed by atoms with Crippen molar-refractivity contribution in [2.75, 3.05) is 5.75 Å². The fourth-order valence-corrected chi connectivity index (χ4v) is 2.87. The van der Waals surface area contributed by atoms with E-state index in [9.17, 15) is 13.2 Å². The second kappa shape index (κ2) is 6.17. The quantitative estimate of drug-likeness (QED) is 0.837. The Balaban J connectivity index is 2.89. The van der Waals surface area contributed by atoms with Crippen LogP contribution in [0.3, 0.4) is 0 Å². The minimum absolute atomic E-state index is 0.479. The summed E-state index contributed by atoms with van der Waals surface area (Å²) >= 11 is 5.83. The molecule has 1 rings (SSSR count). The van der Waals surface area contributed by atoms with Crippen molar-refractivity contribution in [2.45, 2.75) is 19.4 Å². The number of hydrogen-bond acceptors (Lipinski definition) is 3. The molecule has 2 N–H and O–H groups in total. The lowest BCUT2D eigenvalue weighted by molar-refractivity contribution is -0.134. The molecule has 1 aromatic carbocycles. The fourth-order valence-electron chi connectivity index (χ4n) is 1.53. The van der Waals surface area contributed by atoms with Crippen molar-refractivity contribution in [2.24, 2.45) is 0 Å². The molecule has 0 spiro atoms. The summed E-state index contributed by atoms with van der Waals surface area (Å²) in [5, 5.41) is 9.01. The van der Waals surface area contributed by atoms with Gasteiger partial charge in [0.25, 0.3) is 0 Å². The van der Waals surface area contributed by atoms with Gasteiger partial charge in [0, 0.05) is 11.1 Å². The minimum Gasteiger partial charge on any atom is -0.480 e. The Morgan fingerprint density at radius 2 is 2.17 bits per heavy atom. The number of sulfonamides is 1. The summed E-state index contributed by atoms with van der Waals surface area (Å²) in [5.74, 6) is -2.33. The molecule has 0 amide bonds. The molecule has 1 unspecified atom stereocenters. The van der Waals surface area contributed by atoms with Gasteiger partial charge in [-0.3, -0.25) is 4.79 Å². The third-order valence-electron chi connectivity index (χ3n) is 2.29. The number of rotatable bonds is 6. The SMILES string of the molecule is CCC(NS(=O)(=O)CC(=O)O)c1cccc(Cl)c1. The van der Waals surface area contributed by atoms with Crippen LogP contribution in [-0.2, 0) is 14.8 Å². The molecular weight excluding hydrogens is 278 g/mol. The third-order valence-corrected chi connectivity index (χ3v) is 3.80. The lowest BCUT2D eigenvalue weighted by Gasteiger charge is -2.17. The monoisotopic (exact) mass is 291 g/mol. The number of halogens is 1. The Hall–Kier alpha value is -1.11. The normalized spacial score (nSPS) is 13.2. The van der Waals surface area contributed by atoms with Crippen molar-refractivity contribution >= 4 is 27.6 Å². The maximum Gasteiger partial charge on any atom is 0.320 e. The van der Waals surface area contributed by atoms with Gasteiger partial charge in [0.05, 0.1) is 0 Å². The lowest BCUT2D eigenvalue weighted by atomic mass is 10.1. The van der Waals surface area contributed by atoms with Crippen molar-refractivity contribution in [1.82, 2.24) is 4.72 Å². The predicted octanol–water partition coefficient (Wildman–Crippen LogP) is 1.80. The Morgan fingerprint density at radius 1 is 1.50 bits per heavy atom. The number of carboxylic acids is 1. The first-order valence-electron chi connectivity index (χ1n) is 5.31. The van der Waals surface area contributed by atoms with E-state index < -0.39 is 27.8 Å². The van der Waals surface area contributed by atoms with Gasteiger partial charge in [-0.2, -0.15) is 0 Å². The van der Waals surface area contributed by atoms with Gasteiger partial charge in [-0.15, -0.1) is 0 Å². The van der Waals surface area contributed by atoms with Crippen LogP contribution in [0.5, 0.6) is 0 Å². The zero-order valence-corrected chi connectivity index (χ0v) is 11.3. The van der Waals surface area contributed by atoms with E-state index in [-0.39, 0.29) is 0 Å². The van der Waals surface area contributed by atoms with E-state index in [1.54, 1.807) is 31.2 Å². The highest BCUT2D eigenvalue weighted by Crippen LogP contribution is 2.21. The van der Waals surface area contributed by atoms with Gasteiger partial charge in [-0.25, -0.2) is 13.1 Å². The summed E-state index contributed by atoms with van der Waals surface area (Å²) in [4.78, 5) is 10.4. The van der Waals surface area contributed by atoms with Crippen LogP contribution >= 0.6 is 11.6 Å². The van der Waals surface area contributed by atoms with Crippen molar-refractivity contribution in [3.63, 3.8) is 0 Å². The Bertz CT molecular complexity index is 530. The summed E-state index contributed by atoms with van der Waals surface area (Å²) in [6, 6.07) is 6.31. The highest BCUT2D eigenvalue weighted by Gasteiger charge is 2.21. The molecule has 0 saturated heterocycles. The third kappa shape index (κ3) is 4.64. The first-order valence-corrected chi connectivity index (χ1v) is 7.34. The molecule has 0 aliphatic rings. The van der Waals surface area contributed by atoms with Crippen LogP contribution in [0.1, 0.15) is 24.9 Å². The van der Waals surface area contributed by atoms with Gasteiger partial charge in [0.1, 0.15) is 0 Å². The van der Waals surface area contributed by atoms with E-state index in [0.717, 1.165) is 0 Å². The Kier molecular flexibility index (Phi) is 5.13. The molecule has 0 bridgehead atoms. The molecule has 5 nitrogen and oxygen atoms in total. The zero-order chi connectivity index (χ0) is 13.8. The molecular formula is C11H14ClNO4S. The molecule has 1 aromatic rings. The van der Waals surface area contributed by atoms with Crippen LogP contribution in [0.25, 0.3) is 0 Å². The number of nitrogens with one attached hydrogen (secondary N) is 1. The topological polar surface area (TPSA) is 83.5 Å². The predicted molar refractivity (Wildman–Crippen MR) is 69.0 cm³/mol. The summed E-state index contributed by atoms with van der Waals surface area (Å²) in [6.07, 6.45) is 0.499. The summed E-state index contributed by atoms with van der Waals surface area (Å²) < 4.78 is 25.4. The highest BCUT2D eigenvalue weighted by atomic mass is 35.5. The van der Waals surface area contributed by atoms with Gasteiger partial charge >= 0.3 is 5.97 Å². The molecule has 0 radical (unpaired) electrons. The average molecular weight is 292 g/mol. The average Bonchev–Trinajstić information content (AvgIpc) is 2.24.